The summed E-state index contributed by atoms with van der Waals surface area (Å²) in [6.45, 7) is 0. The minimum atomic E-state index is 0.860. The van der Waals surface area contributed by atoms with E-state index in [0.717, 1.165) is 34.2 Å². The van der Waals surface area contributed by atoms with Crippen LogP contribution in [0.1, 0.15) is 25.7 Å². The predicted octanol–water partition coefficient (Wildman–Crippen LogP) is 3.38. The van der Waals surface area contributed by atoms with E-state index in [1.165, 1.54) is 25.7 Å². The Bertz CT molecular complexity index is 135. The fraction of sp³-hybridized carbons (Fsp3) is 1.00. The van der Waals surface area contributed by atoms with Crippen molar-refractivity contribution in [3.8, 4) is 0 Å². The molecule has 0 aromatic rings. The molecule has 2 heterocycles. The third-order valence-corrected chi connectivity index (χ3v) is 10.2. The van der Waals surface area contributed by atoms with Crippen LogP contribution in [0, 0.1) is 0 Å². The molecule has 2 rings (SSSR count). The van der Waals surface area contributed by atoms with Gasteiger partial charge in [0.1, 0.15) is 0 Å². The van der Waals surface area contributed by atoms with Crippen LogP contribution >= 0.6 is 31.9 Å². The molecule has 0 saturated carbocycles. The van der Waals surface area contributed by atoms with Gasteiger partial charge in [-0.25, -0.2) is 0 Å². The van der Waals surface area contributed by atoms with Gasteiger partial charge in [-0.15, -0.1) is 0 Å². The van der Waals surface area contributed by atoms with Crippen LogP contribution in [0.2, 0.25) is 9.63 Å². The van der Waals surface area contributed by atoms with Crippen molar-refractivity contribution in [2.24, 2.45) is 0 Å². The zero-order chi connectivity index (χ0) is 7.84. The fourth-order valence-corrected chi connectivity index (χ4v) is 7.63. The van der Waals surface area contributed by atoms with Gasteiger partial charge in [-0.1, -0.05) is 0 Å². The van der Waals surface area contributed by atoms with E-state index in [9.17, 15) is 0 Å². The number of fused-ring (bicyclic) bond motifs is 2. The van der Waals surface area contributed by atoms with Crippen LogP contribution < -0.4 is 0 Å². The maximum atomic E-state index is 3.80. The predicted molar refractivity (Wildman–Crippen MR) is 57.2 cm³/mol. The first-order valence-corrected chi connectivity index (χ1v) is 8.02. The van der Waals surface area contributed by atoms with E-state index in [1.54, 1.807) is 0 Å². The van der Waals surface area contributed by atoms with Crippen molar-refractivity contribution in [3.63, 3.8) is 0 Å². The molecule has 0 radical (unpaired) electrons. The van der Waals surface area contributed by atoms with Crippen LogP contribution in [0.15, 0.2) is 0 Å². The van der Waals surface area contributed by atoms with Crippen LogP contribution in [0.5, 0.6) is 0 Å². The number of alkyl halides is 2. The van der Waals surface area contributed by atoms with E-state index >= 15 is 0 Å². The van der Waals surface area contributed by atoms with Gasteiger partial charge in [0.15, 0.2) is 0 Å². The molecule has 3 heteroatoms. The SMILES string of the molecule is BrC1CCC2[Se]C1CCC2Br. The summed E-state index contributed by atoms with van der Waals surface area (Å²) < 4.78 is 0. The van der Waals surface area contributed by atoms with Gasteiger partial charge in [0.05, 0.1) is 0 Å². The fourth-order valence-electron chi connectivity index (χ4n) is 1.91. The van der Waals surface area contributed by atoms with E-state index in [1.807, 2.05) is 0 Å². The van der Waals surface area contributed by atoms with E-state index in [0.29, 0.717) is 0 Å². The second kappa shape index (κ2) is 3.69. The zero-order valence-corrected chi connectivity index (χ0v) is 11.2. The first kappa shape index (κ1) is 9.05. The summed E-state index contributed by atoms with van der Waals surface area (Å²) in [6.07, 6.45) is 5.75. The van der Waals surface area contributed by atoms with Crippen molar-refractivity contribution < 1.29 is 0 Å². The minimum absolute atomic E-state index is 0.860. The topological polar surface area (TPSA) is 0 Å². The molecular formula is C8H12Br2Se. The quantitative estimate of drug-likeness (QED) is 0.466. The monoisotopic (exact) mass is 346 g/mol. The van der Waals surface area contributed by atoms with Gasteiger partial charge >= 0.3 is 91.8 Å². The molecule has 11 heavy (non-hydrogen) atoms. The Morgan fingerprint density at radius 2 is 1.27 bits per heavy atom. The molecule has 0 N–H and O–H groups in total. The molecule has 0 aromatic heterocycles. The Morgan fingerprint density at radius 1 is 0.818 bits per heavy atom. The summed E-state index contributed by atoms with van der Waals surface area (Å²) in [5, 5.41) is 0. The standard InChI is InChI=1S/C8H12Br2Se/c9-5-1-3-7-6(10)2-4-8(5)11-7/h5-8H,1-4H2. The first-order chi connectivity index (χ1) is 5.27. The molecule has 0 aromatic carbocycles. The summed E-state index contributed by atoms with van der Waals surface area (Å²) in [6, 6.07) is 0. The Labute approximate surface area is 91.3 Å². The molecule has 4 unspecified atom stereocenters. The molecule has 4 atom stereocenters. The van der Waals surface area contributed by atoms with Crippen molar-refractivity contribution in [2.75, 3.05) is 0 Å². The van der Waals surface area contributed by atoms with Gasteiger partial charge in [0.2, 0.25) is 0 Å². The molecule has 2 aliphatic heterocycles. The van der Waals surface area contributed by atoms with Crippen LogP contribution in [0.25, 0.3) is 0 Å². The summed E-state index contributed by atoms with van der Waals surface area (Å²) in [5.74, 6) is 0. The summed E-state index contributed by atoms with van der Waals surface area (Å²) in [7, 11) is 0. The summed E-state index contributed by atoms with van der Waals surface area (Å²) >= 11 is 8.51. The molecule has 0 amide bonds. The Hall–Kier alpha value is 1.48. The average molecular weight is 347 g/mol. The van der Waals surface area contributed by atoms with E-state index in [2.05, 4.69) is 31.9 Å². The first-order valence-electron chi connectivity index (χ1n) is 4.21. The van der Waals surface area contributed by atoms with Gasteiger partial charge in [0, 0.05) is 0 Å². The van der Waals surface area contributed by atoms with E-state index in [-0.39, 0.29) is 0 Å². The van der Waals surface area contributed by atoms with Crippen LogP contribution in [-0.2, 0) is 0 Å². The molecule has 2 bridgehead atoms. The normalized spacial score (nSPS) is 50.7. The van der Waals surface area contributed by atoms with Crippen molar-refractivity contribution in [3.05, 3.63) is 0 Å². The molecule has 64 valence electrons. The van der Waals surface area contributed by atoms with Gasteiger partial charge in [-0.2, -0.15) is 0 Å². The molecule has 0 aliphatic carbocycles. The number of hydrogen-bond donors (Lipinski definition) is 0. The molecule has 0 spiro atoms. The summed E-state index contributed by atoms with van der Waals surface area (Å²) in [5.41, 5.74) is 0. The zero-order valence-electron chi connectivity index (χ0n) is 6.30. The molecule has 2 fully saturated rings. The van der Waals surface area contributed by atoms with Crippen LogP contribution in [0.3, 0.4) is 0 Å². The molecule has 2 aliphatic rings. The van der Waals surface area contributed by atoms with Crippen molar-refractivity contribution in [1.82, 2.24) is 0 Å². The van der Waals surface area contributed by atoms with E-state index in [4.69, 9.17) is 0 Å². The van der Waals surface area contributed by atoms with Gasteiger partial charge < -0.3 is 0 Å². The molecule has 2 saturated heterocycles. The van der Waals surface area contributed by atoms with Crippen LogP contribution in [-0.4, -0.2) is 24.6 Å². The number of halogens is 2. The molecule has 0 nitrogen and oxygen atoms in total. The maximum absolute atomic E-state index is 3.80. The van der Waals surface area contributed by atoms with E-state index < -0.39 is 0 Å². The average Bonchev–Trinajstić information content (AvgIpc) is 2.02. The van der Waals surface area contributed by atoms with Crippen molar-refractivity contribution in [2.45, 2.75) is 45.0 Å². The third-order valence-electron chi connectivity index (χ3n) is 2.61. The van der Waals surface area contributed by atoms with Crippen molar-refractivity contribution in [1.29, 1.82) is 0 Å². The Kier molecular flexibility index (Phi) is 3.04. The van der Waals surface area contributed by atoms with Gasteiger partial charge in [-0.3, -0.25) is 0 Å². The number of hydrogen-bond acceptors (Lipinski definition) is 0. The second-order valence-electron chi connectivity index (χ2n) is 3.40. The Balaban J connectivity index is 2.02. The van der Waals surface area contributed by atoms with Crippen LogP contribution in [0.4, 0.5) is 0 Å². The second-order valence-corrected chi connectivity index (χ2v) is 8.86. The summed E-state index contributed by atoms with van der Waals surface area (Å²) in [4.78, 5) is 3.82. The third kappa shape index (κ3) is 1.87. The molecular weight excluding hydrogens is 335 g/mol. The van der Waals surface area contributed by atoms with Gasteiger partial charge in [0.25, 0.3) is 0 Å². The van der Waals surface area contributed by atoms with Crippen molar-refractivity contribution >= 4 is 46.8 Å². The number of rotatable bonds is 0. The Morgan fingerprint density at radius 3 is 1.73 bits per heavy atom. The van der Waals surface area contributed by atoms with Gasteiger partial charge in [-0.05, 0) is 0 Å².